The summed E-state index contributed by atoms with van der Waals surface area (Å²) in [5.74, 6) is 1.94. The van der Waals surface area contributed by atoms with Crippen molar-refractivity contribution in [3.05, 3.63) is 89.5 Å². The van der Waals surface area contributed by atoms with E-state index in [0.717, 1.165) is 33.6 Å². The Kier molecular flexibility index (Phi) is 7.09. The number of aromatic nitrogens is 2. The molecule has 0 aliphatic carbocycles. The fourth-order valence-electron chi connectivity index (χ4n) is 5.58. The standard InChI is InChI=1S/C32H30N4O5S/c1-21-7-10-24(11-8-21)36-32-29(30(33-36)22-5-3-2-4-6-22)31(23-9-12-25-26(17-23)41-20-40-25)42-19-28(38)35(32)18-27(37)34-13-15-39-16-14-34/h2-12,17,31H,13-16,18-20H2,1H3/t31-/m1/s1. The van der Waals surface area contributed by atoms with Gasteiger partial charge in [0.15, 0.2) is 11.5 Å². The molecule has 0 spiro atoms. The van der Waals surface area contributed by atoms with Crippen molar-refractivity contribution in [1.29, 1.82) is 0 Å². The second-order valence-electron chi connectivity index (χ2n) is 10.5. The fourth-order valence-corrected chi connectivity index (χ4v) is 6.77. The van der Waals surface area contributed by atoms with Crippen molar-refractivity contribution in [2.75, 3.05) is 50.3 Å². The SMILES string of the molecule is Cc1ccc(-n2nc(-c3ccccc3)c3c2N(CC(=O)N2CCOCC2)C(=O)CS[C@@H]3c2ccc3c(c2)OCO3)cc1. The molecule has 10 heteroatoms. The Morgan fingerprint density at radius 2 is 1.74 bits per heavy atom. The molecule has 1 saturated heterocycles. The van der Waals surface area contributed by atoms with Gasteiger partial charge < -0.3 is 19.1 Å². The number of amides is 2. The van der Waals surface area contributed by atoms with E-state index in [4.69, 9.17) is 19.3 Å². The Morgan fingerprint density at radius 1 is 0.976 bits per heavy atom. The summed E-state index contributed by atoms with van der Waals surface area (Å²) in [6.07, 6.45) is 0. The molecule has 3 aliphatic rings. The number of rotatable bonds is 5. The van der Waals surface area contributed by atoms with Crippen molar-refractivity contribution < 1.29 is 23.8 Å². The minimum absolute atomic E-state index is 0.0773. The summed E-state index contributed by atoms with van der Waals surface area (Å²) in [5.41, 5.74) is 5.47. The van der Waals surface area contributed by atoms with Gasteiger partial charge in [-0.3, -0.25) is 14.5 Å². The highest BCUT2D eigenvalue weighted by Gasteiger charge is 2.38. The lowest BCUT2D eigenvalue weighted by atomic mass is 9.99. The first-order valence-corrected chi connectivity index (χ1v) is 15.0. The fraction of sp³-hybridized carbons (Fsp3) is 0.281. The molecule has 0 saturated carbocycles. The van der Waals surface area contributed by atoms with Gasteiger partial charge in [-0.1, -0.05) is 54.1 Å². The number of ether oxygens (including phenoxy) is 3. The van der Waals surface area contributed by atoms with E-state index in [9.17, 15) is 9.59 Å². The first kappa shape index (κ1) is 26.6. The Balaban J connectivity index is 1.44. The molecule has 2 amide bonds. The third-order valence-corrected chi connectivity index (χ3v) is 9.03. The summed E-state index contributed by atoms with van der Waals surface area (Å²) in [5, 5.41) is 4.91. The second kappa shape index (κ2) is 11.2. The van der Waals surface area contributed by atoms with Gasteiger partial charge in [-0.05, 0) is 36.8 Å². The highest BCUT2D eigenvalue weighted by atomic mass is 32.2. The number of fused-ring (bicyclic) bond motifs is 2. The second-order valence-corrected chi connectivity index (χ2v) is 11.6. The van der Waals surface area contributed by atoms with Crippen molar-refractivity contribution in [2.45, 2.75) is 12.2 Å². The summed E-state index contributed by atoms with van der Waals surface area (Å²) in [7, 11) is 0. The van der Waals surface area contributed by atoms with Crippen LogP contribution >= 0.6 is 11.8 Å². The first-order chi connectivity index (χ1) is 20.6. The number of anilines is 1. The van der Waals surface area contributed by atoms with E-state index in [1.165, 1.54) is 11.8 Å². The molecule has 3 aliphatic heterocycles. The molecule has 0 N–H and O–H groups in total. The zero-order valence-corrected chi connectivity index (χ0v) is 24.0. The molecule has 1 aromatic heterocycles. The maximum absolute atomic E-state index is 14.0. The normalized spacial score (nSPS) is 18.1. The van der Waals surface area contributed by atoms with Crippen molar-refractivity contribution >= 4 is 29.4 Å². The zero-order chi connectivity index (χ0) is 28.6. The van der Waals surface area contributed by atoms with Crippen LogP contribution in [-0.2, 0) is 14.3 Å². The predicted molar refractivity (Wildman–Crippen MR) is 160 cm³/mol. The van der Waals surface area contributed by atoms with E-state index in [-0.39, 0.29) is 36.2 Å². The molecule has 0 bridgehead atoms. The topological polar surface area (TPSA) is 86.1 Å². The van der Waals surface area contributed by atoms with Crippen molar-refractivity contribution in [1.82, 2.24) is 14.7 Å². The average molecular weight is 583 g/mol. The van der Waals surface area contributed by atoms with Crippen LogP contribution in [0.25, 0.3) is 16.9 Å². The highest BCUT2D eigenvalue weighted by molar-refractivity contribution is 8.00. The number of thioether (sulfide) groups is 1. The molecule has 4 heterocycles. The summed E-state index contributed by atoms with van der Waals surface area (Å²) in [6, 6.07) is 24.0. The van der Waals surface area contributed by atoms with E-state index >= 15 is 0 Å². The van der Waals surface area contributed by atoms with Gasteiger partial charge in [0.05, 0.1) is 35.6 Å². The minimum Gasteiger partial charge on any atom is -0.454 e. The number of hydrogen-bond donors (Lipinski definition) is 0. The zero-order valence-electron chi connectivity index (χ0n) is 23.2. The van der Waals surface area contributed by atoms with Gasteiger partial charge in [-0.2, -0.15) is 5.10 Å². The van der Waals surface area contributed by atoms with Crippen LogP contribution in [0.2, 0.25) is 0 Å². The number of morpholine rings is 1. The van der Waals surface area contributed by atoms with Crippen molar-refractivity contribution in [2.24, 2.45) is 0 Å². The number of hydrogen-bond acceptors (Lipinski definition) is 7. The van der Waals surface area contributed by atoms with Gasteiger partial charge in [0.1, 0.15) is 12.4 Å². The highest BCUT2D eigenvalue weighted by Crippen LogP contribution is 2.50. The van der Waals surface area contributed by atoms with Crippen LogP contribution in [0.15, 0.2) is 72.8 Å². The predicted octanol–water partition coefficient (Wildman–Crippen LogP) is 4.60. The molecular formula is C32H30N4O5S. The molecule has 9 nitrogen and oxygen atoms in total. The van der Waals surface area contributed by atoms with Gasteiger partial charge in [0.25, 0.3) is 0 Å². The maximum Gasteiger partial charge on any atom is 0.242 e. The molecule has 0 unspecified atom stereocenters. The summed E-state index contributed by atoms with van der Waals surface area (Å²) in [4.78, 5) is 31.0. The molecule has 0 radical (unpaired) electrons. The van der Waals surface area contributed by atoms with Gasteiger partial charge in [0.2, 0.25) is 18.6 Å². The molecule has 1 atom stereocenters. The summed E-state index contributed by atoms with van der Waals surface area (Å²) < 4.78 is 18.6. The largest absolute Gasteiger partial charge is 0.454 e. The summed E-state index contributed by atoms with van der Waals surface area (Å²) in [6.45, 7) is 4.14. The van der Waals surface area contributed by atoms with Crippen LogP contribution in [-0.4, -0.2) is 71.9 Å². The van der Waals surface area contributed by atoms with Crippen molar-refractivity contribution in [3.8, 4) is 28.4 Å². The Hall–Kier alpha value is -4.28. The first-order valence-electron chi connectivity index (χ1n) is 14.0. The van der Waals surface area contributed by atoms with Crippen LogP contribution in [0, 0.1) is 6.92 Å². The molecular weight excluding hydrogens is 552 g/mol. The van der Waals surface area contributed by atoms with E-state index in [2.05, 4.69) is 0 Å². The van der Waals surface area contributed by atoms with Crippen molar-refractivity contribution in [3.63, 3.8) is 0 Å². The molecule has 4 aromatic rings. The third kappa shape index (κ3) is 4.90. The average Bonchev–Trinajstić information content (AvgIpc) is 3.63. The summed E-state index contributed by atoms with van der Waals surface area (Å²) >= 11 is 1.53. The smallest absolute Gasteiger partial charge is 0.242 e. The Labute approximate surface area is 248 Å². The lowest BCUT2D eigenvalue weighted by Gasteiger charge is -2.30. The number of nitrogens with zero attached hydrogens (tertiary/aromatic N) is 4. The number of aryl methyl sites for hydroxylation is 1. The van der Waals surface area contributed by atoms with Gasteiger partial charge in [-0.15, -0.1) is 11.8 Å². The molecule has 214 valence electrons. The van der Waals surface area contributed by atoms with E-state index in [1.54, 1.807) is 9.80 Å². The molecule has 42 heavy (non-hydrogen) atoms. The van der Waals surface area contributed by atoms with Gasteiger partial charge >= 0.3 is 0 Å². The molecule has 1 fully saturated rings. The van der Waals surface area contributed by atoms with Gasteiger partial charge in [-0.25, -0.2) is 4.68 Å². The van der Waals surface area contributed by atoms with Crippen LogP contribution in [0.4, 0.5) is 5.82 Å². The monoisotopic (exact) mass is 582 g/mol. The van der Waals surface area contributed by atoms with Gasteiger partial charge in [0, 0.05) is 24.2 Å². The molecule has 7 rings (SSSR count). The molecule has 3 aromatic carbocycles. The maximum atomic E-state index is 14.0. The third-order valence-electron chi connectivity index (χ3n) is 7.77. The lowest BCUT2D eigenvalue weighted by molar-refractivity contribution is -0.134. The van der Waals surface area contributed by atoms with E-state index in [1.807, 2.05) is 84.4 Å². The Morgan fingerprint density at radius 3 is 2.52 bits per heavy atom. The van der Waals surface area contributed by atoms with Crippen LogP contribution in [0.5, 0.6) is 11.5 Å². The number of carbonyl (C=O) groups is 2. The quantitative estimate of drug-likeness (QED) is 0.340. The van der Waals surface area contributed by atoms with Crippen LogP contribution in [0.1, 0.15) is 21.9 Å². The van der Waals surface area contributed by atoms with Crippen LogP contribution in [0.3, 0.4) is 0 Å². The van der Waals surface area contributed by atoms with Crippen LogP contribution < -0.4 is 14.4 Å². The number of carbonyl (C=O) groups excluding carboxylic acids is 2. The number of benzene rings is 3. The van der Waals surface area contributed by atoms with E-state index in [0.29, 0.717) is 43.6 Å². The lowest BCUT2D eigenvalue weighted by Crippen LogP contribution is -2.48. The minimum atomic E-state index is -0.253. The Bertz CT molecular complexity index is 1630. The van der Waals surface area contributed by atoms with E-state index < -0.39 is 0 Å².